The summed E-state index contributed by atoms with van der Waals surface area (Å²) in [6.45, 7) is 4.48. The van der Waals surface area contributed by atoms with Crippen molar-refractivity contribution in [3.63, 3.8) is 0 Å². The van der Waals surface area contributed by atoms with Crippen molar-refractivity contribution < 1.29 is 4.42 Å². The number of piperazine rings is 1. The molecule has 2 aliphatic rings. The Hall–Kier alpha value is -0.320. The fourth-order valence-corrected chi connectivity index (χ4v) is 2.89. The van der Waals surface area contributed by atoms with Crippen molar-refractivity contribution in [2.45, 2.75) is 18.9 Å². The molecule has 3 rings (SSSR count). The minimum Gasteiger partial charge on any atom is -0.453 e. The smallest absolute Gasteiger partial charge is 0.169 e. The Morgan fingerprint density at radius 2 is 2.06 bits per heavy atom. The van der Waals surface area contributed by atoms with E-state index in [4.69, 9.17) is 4.42 Å². The summed E-state index contributed by atoms with van der Waals surface area (Å²) >= 11 is 3.40. The zero-order valence-electron chi connectivity index (χ0n) is 9.29. The van der Waals surface area contributed by atoms with Gasteiger partial charge in [-0.2, -0.15) is 0 Å². The summed E-state index contributed by atoms with van der Waals surface area (Å²) in [6.07, 6.45) is 2.71. The third-order valence-corrected chi connectivity index (χ3v) is 3.93. The van der Waals surface area contributed by atoms with Gasteiger partial charge in [0.15, 0.2) is 4.67 Å². The molecule has 1 saturated heterocycles. The van der Waals surface area contributed by atoms with Crippen LogP contribution in [0.5, 0.6) is 0 Å². The van der Waals surface area contributed by atoms with E-state index in [1.54, 1.807) is 0 Å². The van der Waals surface area contributed by atoms with Crippen LogP contribution >= 0.6 is 15.9 Å². The van der Waals surface area contributed by atoms with E-state index < -0.39 is 0 Å². The molecular formula is C12H17BrN2O. The molecule has 3 nitrogen and oxygen atoms in total. The summed E-state index contributed by atoms with van der Waals surface area (Å²) in [6, 6.07) is 4.63. The molecule has 1 aliphatic heterocycles. The highest BCUT2D eigenvalue weighted by atomic mass is 79.9. The molecule has 16 heavy (non-hydrogen) atoms. The van der Waals surface area contributed by atoms with Crippen molar-refractivity contribution >= 4 is 15.9 Å². The van der Waals surface area contributed by atoms with Crippen molar-refractivity contribution in [3.8, 4) is 0 Å². The Labute approximate surface area is 104 Å². The van der Waals surface area contributed by atoms with Crippen LogP contribution < -0.4 is 5.32 Å². The van der Waals surface area contributed by atoms with Crippen molar-refractivity contribution in [3.05, 3.63) is 22.6 Å². The first-order valence-corrected chi connectivity index (χ1v) is 6.84. The van der Waals surface area contributed by atoms with Crippen LogP contribution in [0.2, 0.25) is 0 Å². The van der Waals surface area contributed by atoms with E-state index in [0.29, 0.717) is 6.04 Å². The van der Waals surface area contributed by atoms with Crippen LogP contribution in [0.15, 0.2) is 21.2 Å². The number of rotatable bonds is 3. The minimum atomic E-state index is 0.508. The average molecular weight is 285 g/mol. The van der Waals surface area contributed by atoms with E-state index in [0.717, 1.165) is 42.5 Å². The van der Waals surface area contributed by atoms with Crippen molar-refractivity contribution in [2.24, 2.45) is 5.92 Å². The summed E-state index contributed by atoms with van der Waals surface area (Å²) in [5.74, 6) is 1.95. The van der Waals surface area contributed by atoms with Gasteiger partial charge in [-0.1, -0.05) is 0 Å². The van der Waals surface area contributed by atoms with E-state index in [2.05, 4.69) is 32.2 Å². The molecule has 1 aromatic heterocycles. The molecule has 1 saturated carbocycles. The maximum Gasteiger partial charge on any atom is 0.169 e. The largest absolute Gasteiger partial charge is 0.453 e. The highest BCUT2D eigenvalue weighted by Crippen LogP contribution is 2.45. The summed E-state index contributed by atoms with van der Waals surface area (Å²) in [5, 5.41) is 3.40. The SMILES string of the molecule is Brc1ccc([C@H](C2CC2)N2CCNCC2)o1. The van der Waals surface area contributed by atoms with Gasteiger partial charge in [-0.15, -0.1) is 0 Å². The van der Waals surface area contributed by atoms with Crippen molar-refractivity contribution in [2.75, 3.05) is 26.2 Å². The van der Waals surface area contributed by atoms with Gasteiger partial charge in [-0.05, 0) is 46.8 Å². The van der Waals surface area contributed by atoms with Crippen LogP contribution in [0.4, 0.5) is 0 Å². The molecule has 0 spiro atoms. The first-order valence-electron chi connectivity index (χ1n) is 6.04. The average Bonchev–Trinajstić information content (AvgIpc) is 3.04. The predicted octanol–water partition coefficient (Wildman–Crippen LogP) is 2.40. The molecule has 1 N–H and O–H groups in total. The molecule has 1 aliphatic carbocycles. The molecule has 1 atom stereocenters. The molecule has 0 unspecified atom stereocenters. The van der Waals surface area contributed by atoms with Gasteiger partial charge in [0.2, 0.25) is 0 Å². The number of nitrogens with zero attached hydrogens (tertiary/aromatic N) is 1. The van der Waals surface area contributed by atoms with E-state index >= 15 is 0 Å². The number of hydrogen-bond acceptors (Lipinski definition) is 3. The van der Waals surface area contributed by atoms with Gasteiger partial charge in [-0.25, -0.2) is 0 Å². The molecule has 2 heterocycles. The standard InChI is InChI=1S/C12H17BrN2O/c13-11-4-3-10(16-11)12(9-1-2-9)15-7-5-14-6-8-15/h3-4,9,12,14H,1-2,5-8H2/t12-/m0/s1. The van der Waals surface area contributed by atoms with Gasteiger partial charge < -0.3 is 9.73 Å². The van der Waals surface area contributed by atoms with Crippen LogP contribution in [-0.2, 0) is 0 Å². The zero-order valence-corrected chi connectivity index (χ0v) is 10.9. The normalized spacial score (nSPS) is 24.6. The molecule has 4 heteroatoms. The number of nitrogens with one attached hydrogen (secondary N) is 1. The molecule has 0 bridgehead atoms. The zero-order chi connectivity index (χ0) is 11.0. The van der Waals surface area contributed by atoms with Crippen LogP contribution in [-0.4, -0.2) is 31.1 Å². The Kier molecular flexibility index (Phi) is 3.05. The lowest BCUT2D eigenvalue weighted by atomic mass is 10.1. The van der Waals surface area contributed by atoms with Crippen LogP contribution in [0.25, 0.3) is 0 Å². The monoisotopic (exact) mass is 284 g/mol. The quantitative estimate of drug-likeness (QED) is 0.924. The Morgan fingerprint density at radius 1 is 1.31 bits per heavy atom. The van der Waals surface area contributed by atoms with Gasteiger partial charge >= 0.3 is 0 Å². The maximum absolute atomic E-state index is 5.75. The third kappa shape index (κ3) is 2.19. The first kappa shape index (κ1) is 10.8. The molecule has 88 valence electrons. The van der Waals surface area contributed by atoms with Gasteiger partial charge in [0, 0.05) is 26.2 Å². The summed E-state index contributed by atoms with van der Waals surface area (Å²) in [5.41, 5.74) is 0. The molecule has 0 radical (unpaired) electrons. The second-order valence-corrected chi connectivity index (χ2v) is 5.49. The molecular weight excluding hydrogens is 268 g/mol. The molecule has 0 amide bonds. The van der Waals surface area contributed by atoms with Gasteiger partial charge in [0.25, 0.3) is 0 Å². The van der Waals surface area contributed by atoms with E-state index in [9.17, 15) is 0 Å². The Morgan fingerprint density at radius 3 is 2.62 bits per heavy atom. The lowest BCUT2D eigenvalue weighted by Gasteiger charge is -2.33. The lowest BCUT2D eigenvalue weighted by molar-refractivity contribution is 0.136. The summed E-state index contributed by atoms with van der Waals surface area (Å²) in [7, 11) is 0. The fourth-order valence-electron chi connectivity index (χ4n) is 2.57. The van der Waals surface area contributed by atoms with Crippen molar-refractivity contribution in [1.82, 2.24) is 10.2 Å². The van der Waals surface area contributed by atoms with Crippen molar-refractivity contribution in [1.29, 1.82) is 0 Å². The highest BCUT2D eigenvalue weighted by molar-refractivity contribution is 9.10. The summed E-state index contributed by atoms with van der Waals surface area (Å²) in [4.78, 5) is 2.57. The Bertz CT molecular complexity index is 356. The van der Waals surface area contributed by atoms with Crippen LogP contribution in [0.3, 0.4) is 0 Å². The minimum absolute atomic E-state index is 0.508. The second kappa shape index (κ2) is 4.51. The van der Waals surface area contributed by atoms with E-state index in [1.165, 1.54) is 12.8 Å². The van der Waals surface area contributed by atoms with Gasteiger partial charge in [0.1, 0.15) is 5.76 Å². The van der Waals surface area contributed by atoms with E-state index in [1.807, 2.05) is 6.07 Å². The molecule has 2 fully saturated rings. The van der Waals surface area contributed by atoms with Gasteiger partial charge in [0.05, 0.1) is 6.04 Å². The topological polar surface area (TPSA) is 28.4 Å². The highest BCUT2D eigenvalue weighted by Gasteiger charge is 2.38. The molecule has 1 aromatic rings. The lowest BCUT2D eigenvalue weighted by Crippen LogP contribution is -2.45. The predicted molar refractivity (Wildman–Crippen MR) is 66.3 cm³/mol. The second-order valence-electron chi connectivity index (χ2n) is 4.71. The first-order chi connectivity index (χ1) is 7.84. The fraction of sp³-hybridized carbons (Fsp3) is 0.667. The van der Waals surface area contributed by atoms with E-state index in [-0.39, 0.29) is 0 Å². The van der Waals surface area contributed by atoms with Gasteiger partial charge in [-0.3, -0.25) is 4.90 Å². The van der Waals surface area contributed by atoms with Crippen LogP contribution in [0.1, 0.15) is 24.6 Å². The number of furan rings is 1. The summed E-state index contributed by atoms with van der Waals surface area (Å²) < 4.78 is 6.61. The molecule has 0 aromatic carbocycles. The number of halogens is 1. The third-order valence-electron chi connectivity index (χ3n) is 3.50. The maximum atomic E-state index is 5.75. The Balaban J connectivity index is 1.79. The van der Waals surface area contributed by atoms with Crippen LogP contribution in [0, 0.1) is 5.92 Å². The number of hydrogen-bond donors (Lipinski definition) is 1.